The normalized spacial score (nSPS) is 30.1. The van der Waals surface area contributed by atoms with Crippen molar-refractivity contribution < 1.29 is 5.11 Å². The molecule has 4 atom stereocenters. The molecule has 0 radical (unpaired) electrons. The summed E-state index contributed by atoms with van der Waals surface area (Å²) in [6.45, 7) is 2.16. The van der Waals surface area contributed by atoms with E-state index in [-0.39, 0.29) is 6.10 Å². The lowest BCUT2D eigenvalue weighted by Gasteiger charge is -2.38. The van der Waals surface area contributed by atoms with E-state index in [0.717, 1.165) is 6.42 Å². The summed E-state index contributed by atoms with van der Waals surface area (Å²) in [6.07, 6.45) is 0.616. The molecule has 2 heteroatoms. The van der Waals surface area contributed by atoms with Gasteiger partial charge in [-0.1, -0.05) is 67.6 Å². The van der Waals surface area contributed by atoms with Gasteiger partial charge in [0.1, 0.15) is 0 Å². The maximum Gasteiger partial charge on any atom is 0.0593 e. The second-order valence-electron chi connectivity index (χ2n) is 5.53. The van der Waals surface area contributed by atoms with Crippen LogP contribution in [0, 0.1) is 5.92 Å². The predicted octanol–water partition coefficient (Wildman–Crippen LogP) is 4.60. The number of rotatable bonds is 2. The van der Waals surface area contributed by atoms with Crippen LogP contribution in [0.1, 0.15) is 35.0 Å². The SMILES string of the molecule is C[C@@H]1[C@@H](c2ccccc2)S[C@@H](c2ccccc2)C[C@@H]1O. The Morgan fingerprint density at radius 2 is 1.45 bits per heavy atom. The van der Waals surface area contributed by atoms with Crippen LogP contribution in [0.25, 0.3) is 0 Å². The average molecular weight is 284 g/mol. The van der Waals surface area contributed by atoms with Gasteiger partial charge in [0.15, 0.2) is 0 Å². The summed E-state index contributed by atoms with van der Waals surface area (Å²) >= 11 is 1.99. The van der Waals surface area contributed by atoms with E-state index in [0.29, 0.717) is 16.4 Å². The minimum absolute atomic E-state index is 0.230. The average Bonchev–Trinajstić information content (AvgIpc) is 2.51. The molecular formula is C18H20OS. The fraction of sp³-hybridized carbons (Fsp3) is 0.333. The van der Waals surface area contributed by atoms with Crippen LogP contribution >= 0.6 is 11.8 Å². The second kappa shape index (κ2) is 6.02. The van der Waals surface area contributed by atoms with Gasteiger partial charge in [0.05, 0.1) is 6.10 Å². The van der Waals surface area contributed by atoms with Gasteiger partial charge in [-0.05, 0) is 23.5 Å². The van der Waals surface area contributed by atoms with E-state index in [9.17, 15) is 5.11 Å². The Hall–Kier alpha value is -1.25. The molecule has 0 saturated carbocycles. The number of benzene rings is 2. The van der Waals surface area contributed by atoms with Gasteiger partial charge in [-0.3, -0.25) is 0 Å². The Bertz CT molecular complexity index is 540. The van der Waals surface area contributed by atoms with Gasteiger partial charge in [-0.25, -0.2) is 0 Å². The first-order valence-corrected chi connectivity index (χ1v) is 8.13. The standard InChI is InChI=1S/C18H20OS/c1-13-16(19)12-17(14-8-4-2-5-9-14)20-18(13)15-10-6-3-7-11-15/h2-11,13,16-19H,12H2,1H3/t13-,16-,17+,18-/m0/s1. The van der Waals surface area contributed by atoms with Crippen LogP contribution in [0.2, 0.25) is 0 Å². The third-order valence-corrected chi connectivity index (χ3v) is 5.94. The molecule has 1 aliphatic rings. The zero-order chi connectivity index (χ0) is 13.9. The Morgan fingerprint density at radius 3 is 2.05 bits per heavy atom. The van der Waals surface area contributed by atoms with Crippen molar-refractivity contribution in [3.8, 4) is 0 Å². The number of thioether (sulfide) groups is 1. The smallest absolute Gasteiger partial charge is 0.0593 e. The van der Waals surface area contributed by atoms with E-state index >= 15 is 0 Å². The fourth-order valence-electron chi connectivity index (χ4n) is 2.90. The van der Waals surface area contributed by atoms with Crippen LogP contribution in [-0.4, -0.2) is 11.2 Å². The van der Waals surface area contributed by atoms with Crippen LogP contribution in [-0.2, 0) is 0 Å². The molecule has 1 fully saturated rings. The molecule has 1 heterocycles. The lowest BCUT2D eigenvalue weighted by atomic mass is 9.90. The molecule has 20 heavy (non-hydrogen) atoms. The zero-order valence-electron chi connectivity index (χ0n) is 11.6. The molecule has 3 rings (SSSR count). The monoisotopic (exact) mass is 284 g/mol. The van der Waals surface area contributed by atoms with Gasteiger partial charge >= 0.3 is 0 Å². The molecule has 1 saturated heterocycles. The van der Waals surface area contributed by atoms with E-state index in [4.69, 9.17) is 0 Å². The summed E-state index contributed by atoms with van der Waals surface area (Å²) in [7, 11) is 0. The quantitative estimate of drug-likeness (QED) is 0.869. The van der Waals surface area contributed by atoms with E-state index in [2.05, 4.69) is 55.5 Å². The largest absolute Gasteiger partial charge is 0.393 e. The predicted molar refractivity (Wildman–Crippen MR) is 85.7 cm³/mol. The van der Waals surface area contributed by atoms with Crippen molar-refractivity contribution in [2.75, 3.05) is 0 Å². The van der Waals surface area contributed by atoms with Crippen molar-refractivity contribution in [3.05, 3.63) is 71.8 Å². The maximum atomic E-state index is 10.4. The highest BCUT2D eigenvalue weighted by Gasteiger charge is 2.36. The highest BCUT2D eigenvalue weighted by molar-refractivity contribution is 7.99. The third-order valence-electron chi connectivity index (χ3n) is 4.15. The highest BCUT2D eigenvalue weighted by Crippen LogP contribution is 2.52. The van der Waals surface area contributed by atoms with Crippen molar-refractivity contribution >= 4 is 11.8 Å². The first kappa shape index (κ1) is 13.7. The lowest BCUT2D eigenvalue weighted by molar-refractivity contribution is 0.0993. The molecule has 1 N–H and O–H groups in total. The summed E-state index contributed by atoms with van der Waals surface area (Å²) in [5.41, 5.74) is 2.65. The van der Waals surface area contributed by atoms with Crippen molar-refractivity contribution in [1.29, 1.82) is 0 Å². The van der Waals surface area contributed by atoms with Gasteiger partial charge in [-0.15, -0.1) is 11.8 Å². The van der Waals surface area contributed by atoms with E-state index in [1.807, 2.05) is 23.9 Å². The summed E-state index contributed by atoms with van der Waals surface area (Å²) in [5.74, 6) is 0.294. The van der Waals surface area contributed by atoms with Crippen molar-refractivity contribution in [2.24, 2.45) is 5.92 Å². The van der Waals surface area contributed by atoms with Crippen LogP contribution in [0.5, 0.6) is 0 Å². The van der Waals surface area contributed by atoms with Crippen LogP contribution in [0.4, 0.5) is 0 Å². The Labute approximate surface area is 125 Å². The highest BCUT2D eigenvalue weighted by atomic mass is 32.2. The Kier molecular flexibility index (Phi) is 4.13. The second-order valence-corrected chi connectivity index (χ2v) is 6.88. The summed E-state index contributed by atoms with van der Waals surface area (Å²) < 4.78 is 0. The Morgan fingerprint density at radius 1 is 0.900 bits per heavy atom. The molecule has 2 aromatic carbocycles. The number of aliphatic hydroxyl groups excluding tert-OH is 1. The van der Waals surface area contributed by atoms with Gasteiger partial charge in [-0.2, -0.15) is 0 Å². The van der Waals surface area contributed by atoms with Gasteiger partial charge in [0.2, 0.25) is 0 Å². The minimum Gasteiger partial charge on any atom is -0.393 e. The minimum atomic E-state index is -0.230. The van der Waals surface area contributed by atoms with E-state index in [1.54, 1.807) is 0 Å². The van der Waals surface area contributed by atoms with Gasteiger partial charge in [0.25, 0.3) is 0 Å². The van der Waals surface area contributed by atoms with Crippen molar-refractivity contribution in [3.63, 3.8) is 0 Å². The molecule has 1 aliphatic heterocycles. The fourth-order valence-corrected chi connectivity index (χ4v) is 4.62. The van der Waals surface area contributed by atoms with Crippen LogP contribution in [0.3, 0.4) is 0 Å². The first-order valence-electron chi connectivity index (χ1n) is 7.19. The molecule has 0 spiro atoms. The topological polar surface area (TPSA) is 20.2 Å². The number of aliphatic hydroxyl groups is 1. The van der Waals surface area contributed by atoms with Crippen LogP contribution < -0.4 is 0 Å². The number of hydrogen-bond acceptors (Lipinski definition) is 2. The molecule has 0 aliphatic carbocycles. The molecule has 2 aromatic rings. The van der Waals surface area contributed by atoms with E-state index in [1.165, 1.54) is 11.1 Å². The molecule has 1 nitrogen and oxygen atoms in total. The zero-order valence-corrected chi connectivity index (χ0v) is 12.5. The molecular weight excluding hydrogens is 264 g/mol. The summed E-state index contributed by atoms with van der Waals surface area (Å²) in [4.78, 5) is 0. The molecule has 0 unspecified atom stereocenters. The third kappa shape index (κ3) is 2.77. The first-order chi connectivity index (χ1) is 9.75. The number of hydrogen-bond donors (Lipinski definition) is 1. The van der Waals surface area contributed by atoms with Gasteiger partial charge < -0.3 is 5.11 Å². The summed E-state index contributed by atoms with van der Waals surface area (Å²) in [5, 5.41) is 11.2. The van der Waals surface area contributed by atoms with Crippen molar-refractivity contribution in [1.82, 2.24) is 0 Å². The molecule has 0 bridgehead atoms. The van der Waals surface area contributed by atoms with Gasteiger partial charge in [0, 0.05) is 10.5 Å². The van der Waals surface area contributed by atoms with Crippen LogP contribution in [0.15, 0.2) is 60.7 Å². The van der Waals surface area contributed by atoms with Crippen molar-refractivity contribution in [2.45, 2.75) is 29.9 Å². The Balaban J connectivity index is 1.87. The molecule has 0 amide bonds. The summed E-state index contributed by atoms with van der Waals surface area (Å²) in [6, 6.07) is 21.1. The lowest BCUT2D eigenvalue weighted by Crippen LogP contribution is -2.29. The maximum absolute atomic E-state index is 10.4. The van der Waals surface area contributed by atoms with E-state index < -0.39 is 0 Å². The molecule has 0 aromatic heterocycles. The molecule has 104 valence electrons.